The second-order valence-corrected chi connectivity index (χ2v) is 5.83. The van der Waals surface area contributed by atoms with Crippen LogP contribution in [-0.4, -0.2) is 14.8 Å². The first-order valence-electron chi connectivity index (χ1n) is 6.84. The fourth-order valence-corrected chi connectivity index (χ4v) is 2.47. The van der Waals surface area contributed by atoms with E-state index in [0.717, 1.165) is 23.1 Å². The maximum atomic E-state index is 13.7. The number of benzene rings is 1. The summed E-state index contributed by atoms with van der Waals surface area (Å²) in [6.07, 6.45) is 2.58. The SMILES string of the molecule is CC(C)Cc1nn(-c2ccc(Cl)c(F)c2)c2cccnc12. The lowest BCUT2D eigenvalue weighted by molar-refractivity contribution is 0.622. The highest BCUT2D eigenvalue weighted by atomic mass is 35.5. The first-order valence-corrected chi connectivity index (χ1v) is 7.22. The molecular weight excluding hydrogens is 289 g/mol. The molecule has 0 spiro atoms. The number of hydrogen-bond acceptors (Lipinski definition) is 2. The van der Waals surface area contributed by atoms with Gasteiger partial charge in [-0.3, -0.25) is 4.98 Å². The van der Waals surface area contributed by atoms with Gasteiger partial charge in [0.15, 0.2) is 0 Å². The van der Waals surface area contributed by atoms with Crippen molar-refractivity contribution in [3.63, 3.8) is 0 Å². The van der Waals surface area contributed by atoms with Crippen LogP contribution in [0.2, 0.25) is 5.02 Å². The van der Waals surface area contributed by atoms with Gasteiger partial charge in [-0.15, -0.1) is 0 Å². The average molecular weight is 304 g/mol. The molecule has 0 bridgehead atoms. The summed E-state index contributed by atoms with van der Waals surface area (Å²) in [6, 6.07) is 8.47. The molecule has 0 saturated carbocycles. The molecule has 0 saturated heterocycles. The monoisotopic (exact) mass is 303 g/mol. The zero-order valence-electron chi connectivity index (χ0n) is 11.8. The highest BCUT2D eigenvalue weighted by Gasteiger charge is 2.14. The van der Waals surface area contributed by atoms with Crippen LogP contribution in [0, 0.1) is 11.7 Å². The summed E-state index contributed by atoms with van der Waals surface area (Å²) in [5.41, 5.74) is 3.30. The lowest BCUT2D eigenvalue weighted by atomic mass is 10.1. The van der Waals surface area contributed by atoms with Crippen LogP contribution in [0.25, 0.3) is 16.7 Å². The molecule has 0 radical (unpaired) electrons. The van der Waals surface area contributed by atoms with E-state index in [2.05, 4.69) is 23.9 Å². The van der Waals surface area contributed by atoms with Crippen LogP contribution in [0.3, 0.4) is 0 Å². The molecule has 5 heteroatoms. The summed E-state index contributed by atoms with van der Waals surface area (Å²) in [5.74, 6) is 0.0210. The number of rotatable bonds is 3. The molecule has 0 unspecified atom stereocenters. The average Bonchev–Trinajstić information content (AvgIpc) is 2.80. The van der Waals surface area contributed by atoms with Crippen LogP contribution < -0.4 is 0 Å². The van der Waals surface area contributed by atoms with Crippen molar-refractivity contribution in [3.8, 4) is 5.69 Å². The van der Waals surface area contributed by atoms with Gasteiger partial charge in [0.05, 0.1) is 21.9 Å². The molecule has 0 aliphatic rings. The van der Waals surface area contributed by atoms with Crippen molar-refractivity contribution >= 4 is 22.6 Å². The van der Waals surface area contributed by atoms with Gasteiger partial charge in [0.25, 0.3) is 0 Å². The molecule has 21 heavy (non-hydrogen) atoms. The maximum absolute atomic E-state index is 13.7. The second-order valence-electron chi connectivity index (χ2n) is 5.43. The maximum Gasteiger partial charge on any atom is 0.143 e. The Hall–Kier alpha value is -1.94. The molecule has 0 atom stereocenters. The molecule has 0 aliphatic heterocycles. The molecule has 2 aromatic heterocycles. The van der Waals surface area contributed by atoms with Gasteiger partial charge in [-0.25, -0.2) is 9.07 Å². The summed E-state index contributed by atoms with van der Waals surface area (Å²) < 4.78 is 15.4. The molecular formula is C16H15ClFN3. The molecule has 0 aliphatic carbocycles. The smallest absolute Gasteiger partial charge is 0.143 e. The standard InChI is InChI=1S/C16H15ClFN3/c1-10(2)8-14-16-15(4-3-7-19-16)21(20-14)11-5-6-12(17)13(18)9-11/h3-7,9-10H,8H2,1-2H3. The van der Waals surface area contributed by atoms with Crippen LogP contribution in [0.5, 0.6) is 0 Å². The predicted octanol–water partition coefficient (Wildman–Crippen LogP) is 4.41. The van der Waals surface area contributed by atoms with Gasteiger partial charge in [0.1, 0.15) is 11.3 Å². The first-order chi connectivity index (χ1) is 10.1. The predicted molar refractivity (Wildman–Crippen MR) is 82.4 cm³/mol. The Labute approximate surface area is 127 Å². The molecule has 2 heterocycles. The summed E-state index contributed by atoms with van der Waals surface area (Å²) in [7, 11) is 0. The Balaban J connectivity index is 2.20. The third kappa shape index (κ3) is 2.63. The molecule has 3 nitrogen and oxygen atoms in total. The Bertz CT molecular complexity index is 795. The van der Waals surface area contributed by atoms with Crippen molar-refractivity contribution in [1.29, 1.82) is 0 Å². The fraction of sp³-hybridized carbons (Fsp3) is 0.250. The molecule has 0 N–H and O–H groups in total. The van der Waals surface area contributed by atoms with Crippen molar-refractivity contribution in [2.45, 2.75) is 20.3 Å². The molecule has 0 fully saturated rings. The van der Waals surface area contributed by atoms with E-state index in [9.17, 15) is 4.39 Å². The van der Waals surface area contributed by atoms with E-state index in [-0.39, 0.29) is 5.02 Å². The van der Waals surface area contributed by atoms with Crippen molar-refractivity contribution in [3.05, 3.63) is 53.1 Å². The highest BCUT2D eigenvalue weighted by molar-refractivity contribution is 6.30. The van der Waals surface area contributed by atoms with Crippen LogP contribution in [-0.2, 0) is 6.42 Å². The van der Waals surface area contributed by atoms with Gasteiger partial charge in [0, 0.05) is 12.3 Å². The van der Waals surface area contributed by atoms with E-state index >= 15 is 0 Å². The minimum absolute atomic E-state index is 0.107. The molecule has 108 valence electrons. The van der Waals surface area contributed by atoms with Crippen molar-refractivity contribution in [2.75, 3.05) is 0 Å². The van der Waals surface area contributed by atoms with Gasteiger partial charge >= 0.3 is 0 Å². The summed E-state index contributed by atoms with van der Waals surface area (Å²) >= 11 is 5.74. The van der Waals surface area contributed by atoms with Gasteiger partial charge < -0.3 is 0 Å². The Morgan fingerprint density at radius 1 is 1.29 bits per heavy atom. The minimum atomic E-state index is -0.452. The highest BCUT2D eigenvalue weighted by Crippen LogP contribution is 2.24. The lowest BCUT2D eigenvalue weighted by Gasteiger charge is -2.04. The van der Waals surface area contributed by atoms with E-state index in [1.165, 1.54) is 12.1 Å². The van der Waals surface area contributed by atoms with Crippen molar-refractivity contribution in [1.82, 2.24) is 14.8 Å². The van der Waals surface area contributed by atoms with Crippen LogP contribution in [0.1, 0.15) is 19.5 Å². The first kappa shape index (κ1) is 14.0. The lowest BCUT2D eigenvalue weighted by Crippen LogP contribution is -2.00. The van der Waals surface area contributed by atoms with Crippen LogP contribution in [0.4, 0.5) is 4.39 Å². The Morgan fingerprint density at radius 3 is 2.81 bits per heavy atom. The zero-order valence-corrected chi connectivity index (χ0v) is 12.6. The quantitative estimate of drug-likeness (QED) is 0.717. The third-order valence-electron chi connectivity index (χ3n) is 3.26. The zero-order chi connectivity index (χ0) is 15.0. The topological polar surface area (TPSA) is 30.7 Å². The van der Waals surface area contributed by atoms with Crippen LogP contribution >= 0.6 is 11.6 Å². The van der Waals surface area contributed by atoms with Crippen molar-refractivity contribution < 1.29 is 4.39 Å². The second kappa shape index (κ2) is 5.45. The number of aromatic nitrogens is 3. The van der Waals surface area contributed by atoms with E-state index in [4.69, 9.17) is 11.6 Å². The number of nitrogens with zero attached hydrogens (tertiary/aromatic N) is 3. The third-order valence-corrected chi connectivity index (χ3v) is 3.56. The van der Waals surface area contributed by atoms with E-state index in [1.54, 1.807) is 16.9 Å². The fourth-order valence-electron chi connectivity index (χ4n) is 2.35. The van der Waals surface area contributed by atoms with Gasteiger partial charge in [0.2, 0.25) is 0 Å². The molecule has 3 rings (SSSR count). The van der Waals surface area contributed by atoms with Gasteiger partial charge in [-0.05, 0) is 36.6 Å². The van der Waals surface area contributed by atoms with Crippen LogP contribution in [0.15, 0.2) is 36.5 Å². The number of fused-ring (bicyclic) bond motifs is 1. The Morgan fingerprint density at radius 2 is 2.10 bits per heavy atom. The number of halogens is 2. The minimum Gasteiger partial charge on any atom is -0.253 e. The van der Waals surface area contributed by atoms with Crippen molar-refractivity contribution in [2.24, 2.45) is 5.92 Å². The largest absolute Gasteiger partial charge is 0.253 e. The molecule has 3 aromatic rings. The molecule has 0 amide bonds. The van der Waals surface area contributed by atoms with E-state index in [1.807, 2.05) is 12.1 Å². The van der Waals surface area contributed by atoms with Gasteiger partial charge in [-0.2, -0.15) is 5.10 Å². The number of hydrogen-bond donors (Lipinski definition) is 0. The number of pyridine rings is 1. The summed E-state index contributed by atoms with van der Waals surface area (Å²) in [6.45, 7) is 4.27. The summed E-state index contributed by atoms with van der Waals surface area (Å²) in [5, 5.41) is 4.72. The normalized spacial score (nSPS) is 11.5. The van der Waals surface area contributed by atoms with Gasteiger partial charge in [-0.1, -0.05) is 25.4 Å². The van der Waals surface area contributed by atoms with E-state index < -0.39 is 5.82 Å². The Kier molecular flexibility index (Phi) is 3.64. The molecule has 1 aromatic carbocycles. The summed E-state index contributed by atoms with van der Waals surface area (Å²) in [4.78, 5) is 4.42. The van der Waals surface area contributed by atoms with E-state index in [0.29, 0.717) is 11.6 Å².